The molecule has 0 aliphatic carbocycles. The molecule has 1 aliphatic heterocycles. The number of aromatic nitrogens is 2. The number of rotatable bonds is 7. The highest BCUT2D eigenvalue weighted by Crippen LogP contribution is 2.19. The molecule has 2 heterocycles. The lowest BCUT2D eigenvalue weighted by molar-refractivity contribution is -0.131. The molecule has 1 saturated heterocycles. The van der Waals surface area contributed by atoms with E-state index in [0.29, 0.717) is 5.92 Å². The summed E-state index contributed by atoms with van der Waals surface area (Å²) in [6.45, 7) is 4.33. The number of hydrogen-bond donors (Lipinski definition) is 0. The molecule has 1 fully saturated rings. The quantitative estimate of drug-likeness (QED) is 0.573. The minimum absolute atomic E-state index is 0.113. The Morgan fingerprint density at radius 3 is 2.83 bits per heavy atom. The second-order valence-corrected chi connectivity index (χ2v) is 8.76. The molecule has 0 bridgehead atoms. The summed E-state index contributed by atoms with van der Waals surface area (Å²) in [7, 11) is 1.92. The number of fused-ring (bicyclic) bond motifs is 1. The maximum Gasteiger partial charge on any atom is 0.244 e. The van der Waals surface area contributed by atoms with Gasteiger partial charge in [0.1, 0.15) is 6.54 Å². The molecule has 2 aromatic carbocycles. The van der Waals surface area contributed by atoms with Gasteiger partial charge in [-0.3, -0.25) is 9.48 Å². The maximum absolute atomic E-state index is 12.8. The number of likely N-dealkylation sites (tertiary alicyclic amines) is 1. The predicted octanol–water partition coefficient (Wildman–Crippen LogP) is 4.10. The number of hydrogen-bond acceptors (Lipinski definition) is 3. The first kappa shape index (κ1) is 20.9. The summed E-state index contributed by atoms with van der Waals surface area (Å²) in [6.07, 6.45) is 5.23. The molecule has 158 valence electrons. The summed E-state index contributed by atoms with van der Waals surface area (Å²) in [5, 5.41) is 6.24. The van der Waals surface area contributed by atoms with E-state index in [1.807, 2.05) is 54.5 Å². The third-order valence-electron chi connectivity index (χ3n) is 6.03. The molecule has 1 atom stereocenters. The Morgan fingerprint density at radius 1 is 1.20 bits per heavy atom. The van der Waals surface area contributed by atoms with Gasteiger partial charge in [0, 0.05) is 37.1 Å². The summed E-state index contributed by atoms with van der Waals surface area (Å²) in [6, 6.07) is 16.1. The van der Waals surface area contributed by atoms with Crippen molar-refractivity contribution in [1.82, 2.24) is 19.6 Å². The molecule has 0 spiro atoms. The summed E-state index contributed by atoms with van der Waals surface area (Å²) < 4.78 is 1.80. The van der Waals surface area contributed by atoms with Crippen LogP contribution in [0, 0.1) is 5.92 Å². The molecule has 0 unspecified atom stereocenters. The first-order valence-electron chi connectivity index (χ1n) is 10.7. The number of nitrogens with zero attached hydrogens (tertiary/aromatic N) is 4. The lowest BCUT2D eigenvalue weighted by atomic mass is 9.97. The Labute approximate surface area is 183 Å². The second kappa shape index (κ2) is 9.63. The average molecular weight is 425 g/mol. The molecule has 3 aromatic rings. The van der Waals surface area contributed by atoms with Crippen LogP contribution >= 0.6 is 11.6 Å². The maximum atomic E-state index is 12.8. The standard InChI is InChI=1S/C24H29ClN4O/c1-27(24(30)18-29-23-7-3-2-6-21(23)15-26-29)16-20-5-4-13-28(17-20)14-12-19-8-10-22(25)11-9-19/h2-3,6-11,15,20H,4-5,12-14,16-18H2,1H3/t20-/m0/s1. The van der Waals surface area contributed by atoms with Crippen molar-refractivity contribution in [1.29, 1.82) is 0 Å². The van der Waals surface area contributed by atoms with Crippen molar-refractivity contribution < 1.29 is 4.79 Å². The summed E-state index contributed by atoms with van der Waals surface area (Å²) >= 11 is 5.98. The van der Waals surface area contributed by atoms with Crippen LogP contribution in [0.2, 0.25) is 5.02 Å². The molecule has 0 radical (unpaired) electrons. The van der Waals surface area contributed by atoms with Crippen LogP contribution in [0.25, 0.3) is 10.9 Å². The van der Waals surface area contributed by atoms with Crippen molar-refractivity contribution in [3.8, 4) is 0 Å². The van der Waals surface area contributed by atoms with Gasteiger partial charge < -0.3 is 9.80 Å². The van der Waals surface area contributed by atoms with Gasteiger partial charge >= 0.3 is 0 Å². The fourth-order valence-electron chi connectivity index (χ4n) is 4.33. The Bertz CT molecular complexity index is 984. The molecule has 1 aromatic heterocycles. The number of carbonyl (C=O) groups excluding carboxylic acids is 1. The van der Waals surface area contributed by atoms with Crippen molar-refractivity contribution >= 4 is 28.4 Å². The van der Waals surface area contributed by atoms with E-state index in [-0.39, 0.29) is 12.5 Å². The second-order valence-electron chi connectivity index (χ2n) is 8.32. The molecular formula is C24H29ClN4O. The minimum Gasteiger partial charge on any atom is -0.344 e. The van der Waals surface area contributed by atoms with Crippen molar-refractivity contribution in [2.45, 2.75) is 25.8 Å². The zero-order chi connectivity index (χ0) is 20.9. The topological polar surface area (TPSA) is 41.4 Å². The van der Waals surface area contributed by atoms with Gasteiger partial charge in [-0.2, -0.15) is 5.10 Å². The summed E-state index contributed by atoms with van der Waals surface area (Å²) in [5.74, 6) is 0.634. The molecule has 5 nitrogen and oxygen atoms in total. The van der Waals surface area contributed by atoms with Crippen LogP contribution < -0.4 is 0 Å². The zero-order valence-corrected chi connectivity index (χ0v) is 18.3. The van der Waals surface area contributed by atoms with E-state index >= 15 is 0 Å². The largest absolute Gasteiger partial charge is 0.344 e. The van der Waals surface area contributed by atoms with E-state index < -0.39 is 0 Å². The van der Waals surface area contributed by atoms with Gasteiger partial charge in [0.05, 0.1) is 11.7 Å². The molecule has 1 aliphatic rings. The first-order chi connectivity index (χ1) is 14.6. The van der Waals surface area contributed by atoms with Crippen molar-refractivity contribution in [3.63, 3.8) is 0 Å². The first-order valence-corrected chi connectivity index (χ1v) is 11.1. The number of carbonyl (C=O) groups is 1. The number of piperidine rings is 1. The fraction of sp³-hybridized carbons (Fsp3) is 0.417. The molecule has 1 amide bonds. The highest BCUT2D eigenvalue weighted by Gasteiger charge is 2.23. The van der Waals surface area contributed by atoms with Crippen LogP contribution in [-0.2, 0) is 17.8 Å². The van der Waals surface area contributed by atoms with Gasteiger partial charge in [-0.1, -0.05) is 41.9 Å². The van der Waals surface area contributed by atoms with Gasteiger partial charge in [-0.25, -0.2) is 0 Å². The number of benzene rings is 2. The highest BCUT2D eigenvalue weighted by molar-refractivity contribution is 6.30. The van der Waals surface area contributed by atoms with Gasteiger partial charge in [-0.15, -0.1) is 0 Å². The van der Waals surface area contributed by atoms with Crippen LogP contribution in [0.4, 0.5) is 0 Å². The Morgan fingerprint density at radius 2 is 2.00 bits per heavy atom. The lowest BCUT2D eigenvalue weighted by Crippen LogP contribution is -2.43. The van der Waals surface area contributed by atoms with E-state index in [4.69, 9.17) is 11.6 Å². The fourth-order valence-corrected chi connectivity index (χ4v) is 4.46. The van der Waals surface area contributed by atoms with Gasteiger partial charge in [-0.05, 0) is 55.5 Å². The van der Waals surface area contributed by atoms with Crippen molar-refractivity contribution in [3.05, 3.63) is 65.3 Å². The molecular weight excluding hydrogens is 396 g/mol. The van der Waals surface area contributed by atoms with Crippen LogP contribution in [0.5, 0.6) is 0 Å². The van der Waals surface area contributed by atoms with Gasteiger partial charge in [0.25, 0.3) is 0 Å². The summed E-state index contributed by atoms with van der Waals surface area (Å²) in [4.78, 5) is 17.2. The molecule has 0 N–H and O–H groups in total. The molecule has 4 rings (SSSR count). The lowest BCUT2D eigenvalue weighted by Gasteiger charge is -2.34. The third kappa shape index (κ3) is 5.21. The normalized spacial score (nSPS) is 17.3. The Kier molecular flexibility index (Phi) is 6.70. The van der Waals surface area contributed by atoms with Crippen LogP contribution in [-0.4, -0.2) is 58.7 Å². The average Bonchev–Trinajstić information content (AvgIpc) is 3.16. The summed E-state index contributed by atoms with van der Waals surface area (Å²) in [5.41, 5.74) is 2.32. The highest BCUT2D eigenvalue weighted by atomic mass is 35.5. The Balaban J connectivity index is 1.27. The molecule has 30 heavy (non-hydrogen) atoms. The number of para-hydroxylation sites is 1. The van der Waals surface area contributed by atoms with E-state index in [0.717, 1.165) is 48.5 Å². The van der Waals surface area contributed by atoms with Crippen LogP contribution in [0.1, 0.15) is 18.4 Å². The van der Waals surface area contributed by atoms with Crippen LogP contribution in [0.3, 0.4) is 0 Å². The van der Waals surface area contributed by atoms with E-state index in [2.05, 4.69) is 22.1 Å². The van der Waals surface area contributed by atoms with E-state index in [1.54, 1.807) is 4.68 Å². The third-order valence-corrected chi connectivity index (χ3v) is 6.28. The van der Waals surface area contributed by atoms with E-state index in [9.17, 15) is 4.79 Å². The molecule has 6 heteroatoms. The number of halogens is 1. The molecule has 0 saturated carbocycles. The predicted molar refractivity (Wildman–Crippen MR) is 122 cm³/mol. The smallest absolute Gasteiger partial charge is 0.244 e. The number of amides is 1. The zero-order valence-electron chi connectivity index (χ0n) is 17.5. The van der Waals surface area contributed by atoms with E-state index in [1.165, 1.54) is 18.4 Å². The van der Waals surface area contributed by atoms with Gasteiger partial charge in [0.2, 0.25) is 5.91 Å². The van der Waals surface area contributed by atoms with Crippen LogP contribution in [0.15, 0.2) is 54.7 Å². The van der Waals surface area contributed by atoms with Crippen molar-refractivity contribution in [2.75, 3.05) is 33.2 Å². The Hall–Kier alpha value is -2.37. The van der Waals surface area contributed by atoms with Gasteiger partial charge in [0.15, 0.2) is 0 Å². The SMILES string of the molecule is CN(C[C@@H]1CCCN(CCc2ccc(Cl)cc2)C1)C(=O)Cn1ncc2ccccc21. The van der Waals surface area contributed by atoms with Crippen molar-refractivity contribution in [2.24, 2.45) is 5.92 Å². The monoisotopic (exact) mass is 424 g/mol. The number of likely N-dealkylation sites (N-methyl/N-ethyl adjacent to an activating group) is 1. The minimum atomic E-state index is 0.113.